The third kappa shape index (κ3) is 6.27. The van der Waals surface area contributed by atoms with E-state index in [9.17, 15) is 14.4 Å². The summed E-state index contributed by atoms with van der Waals surface area (Å²) in [4.78, 5) is 36.9. The van der Waals surface area contributed by atoms with Crippen LogP contribution in [0.5, 0.6) is 11.5 Å². The average Bonchev–Trinajstić information content (AvgIpc) is 3.02. The normalized spacial score (nSPS) is 14.6. The molecule has 0 aliphatic carbocycles. The molecule has 0 radical (unpaired) electrons. The van der Waals surface area contributed by atoms with Gasteiger partial charge in [0.2, 0.25) is 5.91 Å². The Bertz CT molecular complexity index is 1110. The lowest BCUT2D eigenvalue weighted by Crippen LogP contribution is -2.36. The SMILES string of the molecule is C=CCc1cc(/C=C2\SC(=O)N(CC(N)=O)C2=O)cc(OCC)c1OCc1ccc(Br)cc1. The van der Waals surface area contributed by atoms with Crippen molar-refractivity contribution in [3.8, 4) is 11.5 Å². The summed E-state index contributed by atoms with van der Waals surface area (Å²) < 4.78 is 12.9. The number of nitrogens with two attached hydrogens (primary N) is 1. The Morgan fingerprint density at radius 1 is 1.21 bits per heavy atom. The fourth-order valence-corrected chi connectivity index (χ4v) is 4.28. The minimum atomic E-state index is -0.752. The smallest absolute Gasteiger partial charge is 0.294 e. The molecule has 172 valence electrons. The van der Waals surface area contributed by atoms with Crippen LogP contribution in [0.15, 0.2) is 58.4 Å². The number of halogens is 1. The number of nitrogens with zero attached hydrogens (tertiary/aromatic N) is 1. The van der Waals surface area contributed by atoms with Crippen LogP contribution >= 0.6 is 27.7 Å². The van der Waals surface area contributed by atoms with E-state index in [1.54, 1.807) is 18.2 Å². The molecule has 0 aromatic heterocycles. The number of hydrogen-bond acceptors (Lipinski definition) is 6. The summed E-state index contributed by atoms with van der Waals surface area (Å²) >= 11 is 4.19. The van der Waals surface area contributed by atoms with E-state index in [1.807, 2.05) is 37.3 Å². The first kappa shape index (κ1) is 24.6. The summed E-state index contributed by atoms with van der Waals surface area (Å²) in [5.74, 6) is -0.185. The molecule has 3 amide bonds. The van der Waals surface area contributed by atoms with Crippen LogP contribution in [0.3, 0.4) is 0 Å². The summed E-state index contributed by atoms with van der Waals surface area (Å²) in [6.45, 7) is 6.01. The molecule has 7 nitrogen and oxygen atoms in total. The number of benzene rings is 2. The van der Waals surface area contributed by atoms with Crippen LogP contribution in [0.2, 0.25) is 0 Å². The zero-order valence-corrected chi connectivity index (χ0v) is 20.4. The van der Waals surface area contributed by atoms with Crippen molar-refractivity contribution >= 4 is 50.8 Å². The van der Waals surface area contributed by atoms with Gasteiger partial charge in [-0.3, -0.25) is 19.3 Å². The van der Waals surface area contributed by atoms with Gasteiger partial charge in [0, 0.05) is 10.0 Å². The monoisotopic (exact) mass is 530 g/mol. The van der Waals surface area contributed by atoms with E-state index in [4.69, 9.17) is 15.2 Å². The molecule has 1 aliphatic rings. The fraction of sp³-hybridized carbons (Fsp3) is 0.208. The van der Waals surface area contributed by atoms with Crippen LogP contribution in [-0.4, -0.2) is 35.1 Å². The van der Waals surface area contributed by atoms with Gasteiger partial charge in [-0.05, 0) is 66.6 Å². The second-order valence-electron chi connectivity index (χ2n) is 7.08. The van der Waals surface area contributed by atoms with Gasteiger partial charge in [0.25, 0.3) is 11.1 Å². The highest BCUT2D eigenvalue weighted by molar-refractivity contribution is 9.10. The number of primary amides is 1. The molecular formula is C24H23BrN2O5S. The van der Waals surface area contributed by atoms with E-state index in [0.29, 0.717) is 36.7 Å². The number of amides is 3. The molecule has 9 heteroatoms. The maximum absolute atomic E-state index is 12.6. The average molecular weight is 531 g/mol. The van der Waals surface area contributed by atoms with E-state index in [0.717, 1.165) is 32.3 Å². The summed E-state index contributed by atoms with van der Waals surface area (Å²) in [6, 6.07) is 11.4. The lowest BCUT2D eigenvalue weighted by Gasteiger charge is -2.17. The summed E-state index contributed by atoms with van der Waals surface area (Å²) in [6.07, 6.45) is 3.86. The molecule has 2 aromatic rings. The largest absolute Gasteiger partial charge is 0.490 e. The van der Waals surface area contributed by atoms with Crippen molar-refractivity contribution in [1.29, 1.82) is 0 Å². The number of ether oxygens (including phenoxy) is 2. The number of allylic oxidation sites excluding steroid dienone is 1. The van der Waals surface area contributed by atoms with Crippen molar-refractivity contribution in [2.24, 2.45) is 5.73 Å². The van der Waals surface area contributed by atoms with Crippen molar-refractivity contribution in [2.75, 3.05) is 13.2 Å². The predicted molar refractivity (Wildman–Crippen MR) is 132 cm³/mol. The Balaban J connectivity index is 1.93. The quantitative estimate of drug-likeness (QED) is 0.353. The lowest BCUT2D eigenvalue weighted by molar-refractivity contribution is -0.127. The highest BCUT2D eigenvalue weighted by Gasteiger charge is 2.35. The van der Waals surface area contributed by atoms with Crippen molar-refractivity contribution in [1.82, 2.24) is 4.90 Å². The van der Waals surface area contributed by atoms with E-state index in [2.05, 4.69) is 22.5 Å². The minimum absolute atomic E-state index is 0.205. The molecule has 1 fully saturated rings. The first-order valence-electron chi connectivity index (χ1n) is 10.1. The first-order chi connectivity index (χ1) is 15.8. The zero-order valence-electron chi connectivity index (χ0n) is 18.0. The summed E-state index contributed by atoms with van der Waals surface area (Å²) in [5, 5.41) is -0.532. The fourth-order valence-electron chi connectivity index (χ4n) is 3.18. The molecular weight excluding hydrogens is 508 g/mol. The van der Waals surface area contributed by atoms with Gasteiger partial charge in [0.05, 0.1) is 11.5 Å². The maximum atomic E-state index is 12.6. The number of carbonyl (C=O) groups is 3. The molecule has 2 aromatic carbocycles. The van der Waals surface area contributed by atoms with Gasteiger partial charge in [-0.15, -0.1) is 6.58 Å². The molecule has 0 spiro atoms. The molecule has 0 atom stereocenters. The second-order valence-corrected chi connectivity index (χ2v) is 8.99. The summed E-state index contributed by atoms with van der Waals surface area (Å²) in [5.41, 5.74) is 7.63. The third-order valence-electron chi connectivity index (χ3n) is 4.60. The Morgan fingerprint density at radius 3 is 2.58 bits per heavy atom. The molecule has 1 saturated heterocycles. The van der Waals surface area contributed by atoms with Crippen LogP contribution in [-0.2, 0) is 22.6 Å². The number of hydrogen-bond donors (Lipinski definition) is 1. The van der Waals surface area contributed by atoms with Gasteiger partial charge in [0.15, 0.2) is 11.5 Å². The molecule has 0 unspecified atom stereocenters. The van der Waals surface area contributed by atoms with Gasteiger partial charge < -0.3 is 15.2 Å². The number of thioether (sulfide) groups is 1. The van der Waals surface area contributed by atoms with E-state index >= 15 is 0 Å². The highest BCUT2D eigenvalue weighted by Crippen LogP contribution is 2.37. The van der Waals surface area contributed by atoms with Crippen LogP contribution < -0.4 is 15.2 Å². The van der Waals surface area contributed by atoms with Crippen LogP contribution in [0.4, 0.5) is 4.79 Å². The number of imide groups is 1. The van der Waals surface area contributed by atoms with Crippen molar-refractivity contribution in [2.45, 2.75) is 20.0 Å². The molecule has 1 aliphatic heterocycles. The third-order valence-corrected chi connectivity index (χ3v) is 6.04. The van der Waals surface area contributed by atoms with Gasteiger partial charge in [-0.2, -0.15) is 0 Å². The van der Waals surface area contributed by atoms with Crippen molar-refractivity contribution < 1.29 is 23.9 Å². The van der Waals surface area contributed by atoms with Gasteiger partial charge >= 0.3 is 0 Å². The Morgan fingerprint density at radius 2 is 1.94 bits per heavy atom. The van der Waals surface area contributed by atoms with Crippen LogP contribution in [0, 0.1) is 0 Å². The minimum Gasteiger partial charge on any atom is -0.490 e. The van der Waals surface area contributed by atoms with Crippen molar-refractivity contribution in [3.05, 3.63) is 75.1 Å². The zero-order chi connectivity index (χ0) is 24.0. The topological polar surface area (TPSA) is 98.9 Å². The summed E-state index contributed by atoms with van der Waals surface area (Å²) in [7, 11) is 0. The van der Waals surface area contributed by atoms with Crippen LogP contribution in [0.1, 0.15) is 23.6 Å². The van der Waals surface area contributed by atoms with E-state index in [1.165, 1.54) is 0 Å². The molecule has 1 heterocycles. The first-order valence-corrected chi connectivity index (χ1v) is 11.7. The Labute approximate surface area is 204 Å². The van der Waals surface area contributed by atoms with Gasteiger partial charge in [-0.25, -0.2) is 0 Å². The maximum Gasteiger partial charge on any atom is 0.294 e. The molecule has 0 bridgehead atoms. The van der Waals surface area contributed by atoms with Crippen molar-refractivity contribution in [3.63, 3.8) is 0 Å². The standard InChI is InChI=1S/C24H23BrN2O5S/c1-3-5-17-10-16(12-20-23(29)27(13-21(26)28)24(30)33-20)11-19(31-4-2)22(17)32-14-15-6-8-18(25)9-7-15/h3,6-12H,1,4-5,13-14H2,2H3,(H2,26,28)/b20-12-. The van der Waals surface area contributed by atoms with Gasteiger partial charge in [-0.1, -0.05) is 34.1 Å². The molecule has 3 rings (SSSR count). The van der Waals surface area contributed by atoms with E-state index in [-0.39, 0.29) is 4.91 Å². The Hall–Kier alpha value is -3.04. The highest BCUT2D eigenvalue weighted by atomic mass is 79.9. The molecule has 2 N–H and O–H groups in total. The predicted octanol–water partition coefficient (Wildman–Crippen LogP) is 4.68. The second kappa shape index (κ2) is 11.2. The number of rotatable bonds is 10. The van der Waals surface area contributed by atoms with Gasteiger partial charge in [0.1, 0.15) is 13.2 Å². The van der Waals surface area contributed by atoms with E-state index < -0.39 is 23.6 Å². The molecule has 33 heavy (non-hydrogen) atoms. The molecule has 0 saturated carbocycles. The lowest BCUT2D eigenvalue weighted by atomic mass is 10.0. The number of carbonyl (C=O) groups excluding carboxylic acids is 3. The Kier molecular flexibility index (Phi) is 8.35. The van der Waals surface area contributed by atoms with Crippen LogP contribution in [0.25, 0.3) is 6.08 Å².